The van der Waals surface area contributed by atoms with Crippen molar-refractivity contribution in [1.29, 1.82) is 0 Å². The lowest BCUT2D eigenvalue weighted by atomic mass is 9.75. The first-order valence-electron chi connectivity index (χ1n) is 14.6. The normalized spacial score (nSPS) is 26.0. The van der Waals surface area contributed by atoms with Crippen LogP contribution in [0.2, 0.25) is 0 Å². The molecule has 9 heteroatoms. The molecule has 2 aromatic rings. The van der Waals surface area contributed by atoms with E-state index >= 15 is 0 Å². The van der Waals surface area contributed by atoms with E-state index in [4.69, 9.17) is 4.74 Å². The van der Waals surface area contributed by atoms with Gasteiger partial charge in [0.2, 0.25) is 17.7 Å². The van der Waals surface area contributed by atoms with Crippen LogP contribution < -0.4 is 16.0 Å². The molecule has 0 radical (unpaired) electrons. The maximum absolute atomic E-state index is 13.7. The molecule has 0 saturated carbocycles. The van der Waals surface area contributed by atoms with E-state index in [1.54, 1.807) is 12.1 Å². The lowest BCUT2D eigenvalue weighted by Crippen LogP contribution is -2.58. The van der Waals surface area contributed by atoms with Gasteiger partial charge in [-0.15, -0.1) is 0 Å². The third-order valence-electron chi connectivity index (χ3n) is 8.57. The number of nitrogens with one attached hydrogen (secondary N) is 3. The third-order valence-corrected chi connectivity index (χ3v) is 8.57. The number of piperidine rings is 1. The minimum Gasteiger partial charge on any atom is -0.381 e. The molecule has 0 aromatic heterocycles. The van der Waals surface area contributed by atoms with Crippen molar-refractivity contribution < 1.29 is 23.5 Å². The van der Waals surface area contributed by atoms with Crippen LogP contribution in [0.25, 0.3) is 0 Å². The fourth-order valence-corrected chi connectivity index (χ4v) is 6.17. The molecule has 3 aliphatic heterocycles. The fourth-order valence-electron chi connectivity index (χ4n) is 6.17. The van der Waals surface area contributed by atoms with Crippen LogP contribution >= 0.6 is 0 Å². The van der Waals surface area contributed by atoms with E-state index in [9.17, 15) is 18.8 Å². The highest BCUT2D eigenvalue weighted by Gasteiger charge is 2.41. The Kier molecular flexibility index (Phi) is 9.46. The van der Waals surface area contributed by atoms with Gasteiger partial charge in [-0.05, 0) is 61.8 Å². The van der Waals surface area contributed by atoms with Gasteiger partial charge in [0.05, 0.1) is 12.0 Å². The van der Waals surface area contributed by atoms with Crippen molar-refractivity contribution in [2.24, 2.45) is 11.3 Å². The zero-order chi connectivity index (χ0) is 28.7. The summed E-state index contributed by atoms with van der Waals surface area (Å²) in [6, 6.07) is 14.8. The van der Waals surface area contributed by atoms with E-state index in [1.807, 2.05) is 30.3 Å². The zero-order valence-corrected chi connectivity index (χ0v) is 23.3. The molecule has 0 aliphatic carbocycles. The maximum Gasteiger partial charge on any atom is 0.243 e. The Bertz CT molecular complexity index is 1250. The van der Waals surface area contributed by atoms with E-state index < -0.39 is 17.3 Å². The third kappa shape index (κ3) is 7.59. The number of halogens is 1. The lowest BCUT2D eigenvalue weighted by Gasteiger charge is -2.40. The Morgan fingerprint density at radius 1 is 1.05 bits per heavy atom. The minimum absolute atomic E-state index is 0.0821. The number of allylic oxidation sites excluding steroid dienone is 2. The number of carbonyl (C=O) groups excluding carboxylic acids is 3. The van der Waals surface area contributed by atoms with E-state index in [0.29, 0.717) is 64.1 Å². The highest BCUT2D eigenvalue weighted by molar-refractivity contribution is 5.92. The van der Waals surface area contributed by atoms with E-state index in [-0.39, 0.29) is 36.2 Å². The summed E-state index contributed by atoms with van der Waals surface area (Å²) < 4.78 is 19.1. The van der Waals surface area contributed by atoms with Gasteiger partial charge in [0.25, 0.3) is 0 Å². The topological polar surface area (TPSA) is 99.8 Å². The van der Waals surface area contributed by atoms with Gasteiger partial charge in [0.15, 0.2) is 0 Å². The number of nitrogens with zero attached hydrogens (tertiary/aromatic N) is 1. The average Bonchev–Trinajstić information content (AvgIpc) is 2.96. The monoisotopic (exact) mass is 562 g/mol. The Labute approximate surface area is 240 Å². The smallest absolute Gasteiger partial charge is 0.243 e. The first kappa shape index (κ1) is 29.0. The first-order chi connectivity index (χ1) is 19.9. The molecule has 2 aromatic carbocycles. The van der Waals surface area contributed by atoms with Gasteiger partial charge in [-0.25, -0.2) is 4.39 Å². The van der Waals surface area contributed by atoms with Gasteiger partial charge in [-0.1, -0.05) is 48.6 Å². The van der Waals surface area contributed by atoms with Gasteiger partial charge >= 0.3 is 0 Å². The summed E-state index contributed by atoms with van der Waals surface area (Å²) in [6.07, 6.45) is 7.87. The second-order valence-electron chi connectivity index (χ2n) is 11.5. The molecule has 1 spiro atoms. The Balaban J connectivity index is 1.31. The number of amides is 3. The molecule has 0 unspecified atom stereocenters. The molecule has 2 saturated heterocycles. The summed E-state index contributed by atoms with van der Waals surface area (Å²) in [6.45, 7) is 2.51. The molecular formula is C32H39FN4O4. The van der Waals surface area contributed by atoms with Crippen molar-refractivity contribution in [3.05, 3.63) is 78.1 Å². The second kappa shape index (κ2) is 13.4. The van der Waals surface area contributed by atoms with Crippen molar-refractivity contribution in [2.45, 2.75) is 50.6 Å². The van der Waals surface area contributed by atoms with Crippen molar-refractivity contribution >= 4 is 23.4 Å². The number of ether oxygens (including phenoxy) is 1. The molecule has 8 nitrogen and oxygen atoms in total. The SMILES string of the molecule is O=C(CN1CC[C@@H]2NC(=O)[C@H](Cc3ccccc3)NC(=O)C3(C/C=C/C[C@@H]2C1)CCOCC3)Nc1cccc(F)c1. The number of hydrogen-bond acceptors (Lipinski definition) is 5. The summed E-state index contributed by atoms with van der Waals surface area (Å²) >= 11 is 0. The molecule has 5 rings (SSSR count). The summed E-state index contributed by atoms with van der Waals surface area (Å²) in [7, 11) is 0. The molecule has 3 N–H and O–H groups in total. The van der Waals surface area contributed by atoms with Crippen LogP contribution in [-0.4, -0.2) is 67.6 Å². The standard InChI is InChI=1S/C32H39FN4O4/c33-25-10-6-11-26(20-25)34-29(38)22-37-16-12-27-24(21-37)9-4-5-13-32(14-17-41-18-15-32)31(40)36-28(30(39)35-27)19-23-7-2-1-3-8-23/h1-8,10-11,20,24,27-28H,9,12-19,21-22H2,(H,34,38)(H,35,39)(H,36,40)/b5-4+/t24-,27+,28+/m1/s1. The van der Waals surface area contributed by atoms with Crippen LogP contribution in [0.5, 0.6) is 0 Å². The van der Waals surface area contributed by atoms with Gasteiger partial charge in [-0.3, -0.25) is 19.3 Å². The number of carbonyl (C=O) groups is 3. The summed E-state index contributed by atoms with van der Waals surface area (Å²) in [4.78, 5) is 42.2. The predicted octanol–water partition coefficient (Wildman–Crippen LogP) is 3.45. The van der Waals surface area contributed by atoms with E-state index in [0.717, 1.165) is 12.0 Å². The number of rotatable bonds is 5. The largest absolute Gasteiger partial charge is 0.381 e. The van der Waals surface area contributed by atoms with Crippen LogP contribution in [0.15, 0.2) is 66.7 Å². The molecule has 0 bridgehead atoms. The van der Waals surface area contributed by atoms with E-state index in [1.165, 1.54) is 12.1 Å². The number of likely N-dealkylation sites (tertiary alicyclic amines) is 1. The number of hydrogen-bond donors (Lipinski definition) is 3. The molecule has 3 heterocycles. The quantitative estimate of drug-likeness (QED) is 0.485. The minimum atomic E-state index is -0.691. The zero-order valence-electron chi connectivity index (χ0n) is 23.3. The van der Waals surface area contributed by atoms with Gasteiger partial charge < -0.3 is 20.7 Å². The molecular weight excluding hydrogens is 523 g/mol. The summed E-state index contributed by atoms with van der Waals surface area (Å²) in [5, 5.41) is 9.15. The highest BCUT2D eigenvalue weighted by Crippen LogP contribution is 2.36. The molecule has 3 amide bonds. The van der Waals surface area contributed by atoms with Crippen LogP contribution in [0.1, 0.15) is 37.7 Å². The number of benzene rings is 2. The Morgan fingerprint density at radius 2 is 1.85 bits per heavy atom. The summed E-state index contributed by atoms with van der Waals surface area (Å²) in [5.41, 5.74) is 0.812. The lowest BCUT2D eigenvalue weighted by molar-refractivity contribution is -0.140. The molecule has 3 atom stereocenters. The fraction of sp³-hybridized carbons (Fsp3) is 0.469. The van der Waals surface area contributed by atoms with E-state index in [2.05, 4.69) is 33.0 Å². The average molecular weight is 563 g/mol. The van der Waals surface area contributed by atoms with Crippen LogP contribution in [0.3, 0.4) is 0 Å². The maximum atomic E-state index is 13.7. The van der Waals surface area contributed by atoms with Crippen molar-refractivity contribution in [2.75, 3.05) is 38.2 Å². The second-order valence-corrected chi connectivity index (χ2v) is 11.5. The predicted molar refractivity (Wildman–Crippen MR) is 154 cm³/mol. The summed E-state index contributed by atoms with van der Waals surface area (Å²) in [5.74, 6) is -0.763. The molecule has 218 valence electrons. The van der Waals surface area contributed by atoms with Crippen LogP contribution in [0.4, 0.5) is 10.1 Å². The molecule has 41 heavy (non-hydrogen) atoms. The van der Waals surface area contributed by atoms with Crippen molar-refractivity contribution in [1.82, 2.24) is 15.5 Å². The first-order valence-corrected chi connectivity index (χ1v) is 14.6. The number of fused-ring (bicyclic) bond motifs is 1. The van der Waals surface area contributed by atoms with Gasteiger partial charge in [0.1, 0.15) is 11.9 Å². The van der Waals surface area contributed by atoms with Crippen molar-refractivity contribution in [3.8, 4) is 0 Å². The van der Waals surface area contributed by atoms with Crippen LogP contribution in [-0.2, 0) is 25.5 Å². The van der Waals surface area contributed by atoms with Gasteiger partial charge in [-0.2, -0.15) is 0 Å². The molecule has 2 fully saturated rings. The van der Waals surface area contributed by atoms with Gasteiger partial charge in [0, 0.05) is 44.5 Å². The molecule has 3 aliphatic rings. The number of anilines is 1. The van der Waals surface area contributed by atoms with Crippen molar-refractivity contribution in [3.63, 3.8) is 0 Å². The van der Waals surface area contributed by atoms with Crippen LogP contribution in [0, 0.1) is 17.2 Å². The Hall–Kier alpha value is -3.56. The highest BCUT2D eigenvalue weighted by atomic mass is 19.1. The Morgan fingerprint density at radius 3 is 2.63 bits per heavy atom.